The maximum Gasteiger partial charge on any atom is 0.256 e. The van der Waals surface area contributed by atoms with Gasteiger partial charge in [-0.05, 0) is 31.0 Å². The number of carbonyl (C=O) groups is 1. The highest BCUT2D eigenvalue weighted by molar-refractivity contribution is 9.10. The fourth-order valence-electron chi connectivity index (χ4n) is 1.88. The molecule has 1 fully saturated rings. The molecule has 1 aromatic carbocycles. The van der Waals surface area contributed by atoms with E-state index in [0.717, 1.165) is 12.8 Å². The lowest BCUT2D eigenvalue weighted by molar-refractivity contribution is 0.0723. The number of hydrogen-bond acceptors (Lipinski definition) is 1. The van der Waals surface area contributed by atoms with Gasteiger partial charge in [0.2, 0.25) is 0 Å². The number of hydrogen-bond donors (Lipinski definition) is 0. The summed E-state index contributed by atoms with van der Waals surface area (Å²) >= 11 is 6.71. The predicted molar refractivity (Wildman–Crippen MR) is 72.0 cm³/mol. The molecule has 1 saturated heterocycles. The molecule has 0 aromatic heterocycles. The van der Waals surface area contributed by atoms with E-state index in [-0.39, 0.29) is 11.5 Å². The summed E-state index contributed by atoms with van der Waals surface area (Å²) in [6.45, 7) is 1.37. The Morgan fingerprint density at radius 1 is 1.35 bits per heavy atom. The summed E-state index contributed by atoms with van der Waals surface area (Å²) in [5.41, 5.74) is 0.154. The van der Waals surface area contributed by atoms with Crippen molar-refractivity contribution in [2.24, 2.45) is 0 Å². The molecule has 1 amide bonds. The van der Waals surface area contributed by atoms with Gasteiger partial charge in [0.05, 0.1) is 5.56 Å². The first-order valence-corrected chi connectivity index (χ1v) is 7.17. The Balaban J connectivity index is 2.14. The van der Waals surface area contributed by atoms with Crippen molar-refractivity contribution in [2.75, 3.05) is 13.1 Å². The zero-order valence-corrected chi connectivity index (χ0v) is 12.3. The van der Waals surface area contributed by atoms with Gasteiger partial charge in [0.15, 0.2) is 0 Å². The average Bonchev–Trinajstić information content (AvgIpc) is 2.29. The van der Waals surface area contributed by atoms with E-state index in [4.69, 9.17) is 0 Å². The van der Waals surface area contributed by atoms with Crippen LogP contribution in [0.25, 0.3) is 0 Å². The molecule has 1 aromatic rings. The van der Waals surface area contributed by atoms with E-state index in [1.807, 2.05) is 0 Å². The van der Waals surface area contributed by atoms with E-state index in [9.17, 15) is 9.18 Å². The van der Waals surface area contributed by atoms with Crippen molar-refractivity contribution in [2.45, 2.75) is 17.7 Å². The number of likely N-dealkylation sites (tertiary alicyclic amines) is 1. The van der Waals surface area contributed by atoms with Gasteiger partial charge < -0.3 is 4.90 Å². The molecule has 17 heavy (non-hydrogen) atoms. The van der Waals surface area contributed by atoms with Crippen molar-refractivity contribution in [3.63, 3.8) is 0 Å². The van der Waals surface area contributed by atoms with Gasteiger partial charge in [-0.15, -0.1) is 0 Å². The number of alkyl halides is 1. The van der Waals surface area contributed by atoms with Gasteiger partial charge in [0.25, 0.3) is 5.91 Å². The molecule has 1 aliphatic rings. The smallest absolute Gasteiger partial charge is 0.256 e. The lowest BCUT2D eigenvalue weighted by Gasteiger charge is -2.29. The first-order chi connectivity index (χ1) is 8.08. The molecule has 0 aliphatic carbocycles. The quantitative estimate of drug-likeness (QED) is 0.697. The first kappa shape index (κ1) is 13.0. The minimum absolute atomic E-state index is 0.154. The second-order valence-electron chi connectivity index (χ2n) is 4.09. The number of piperidine rings is 1. The van der Waals surface area contributed by atoms with Crippen molar-refractivity contribution in [1.29, 1.82) is 0 Å². The van der Waals surface area contributed by atoms with Crippen LogP contribution >= 0.6 is 31.9 Å². The van der Waals surface area contributed by atoms with Crippen molar-refractivity contribution < 1.29 is 9.18 Å². The van der Waals surface area contributed by atoms with Gasteiger partial charge >= 0.3 is 0 Å². The Bertz CT molecular complexity index is 431. The third-order valence-corrected chi connectivity index (χ3v) is 4.28. The Morgan fingerprint density at radius 2 is 2.00 bits per heavy atom. The van der Waals surface area contributed by atoms with Crippen LogP contribution in [0.3, 0.4) is 0 Å². The number of nitrogens with zero attached hydrogens (tertiary/aromatic N) is 1. The second-order valence-corrected chi connectivity index (χ2v) is 6.30. The summed E-state index contributed by atoms with van der Waals surface area (Å²) in [5, 5.41) is 0. The highest BCUT2D eigenvalue weighted by Gasteiger charge is 2.23. The molecule has 1 heterocycles. The van der Waals surface area contributed by atoms with Crippen LogP contribution in [-0.2, 0) is 0 Å². The van der Waals surface area contributed by atoms with Crippen LogP contribution in [0.4, 0.5) is 4.39 Å². The lowest BCUT2D eigenvalue weighted by Crippen LogP contribution is -2.39. The molecule has 0 bridgehead atoms. The topological polar surface area (TPSA) is 20.3 Å². The molecule has 1 aliphatic heterocycles. The van der Waals surface area contributed by atoms with E-state index in [2.05, 4.69) is 31.9 Å². The average molecular weight is 365 g/mol. The van der Waals surface area contributed by atoms with Crippen molar-refractivity contribution in [3.8, 4) is 0 Å². The number of carbonyl (C=O) groups excluding carboxylic acids is 1. The SMILES string of the molecule is O=C(c1ccc(Br)cc1F)N1CCC(Br)CC1. The molecular formula is C12H12Br2FNO. The van der Waals surface area contributed by atoms with Crippen molar-refractivity contribution >= 4 is 37.8 Å². The van der Waals surface area contributed by atoms with Gasteiger partial charge in [-0.2, -0.15) is 0 Å². The molecular weight excluding hydrogens is 353 g/mol. The fourth-order valence-corrected chi connectivity index (χ4v) is 2.63. The predicted octanol–water partition coefficient (Wildman–Crippen LogP) is 3.59. The summed E-state index contributed by atoms with van der Waals surface area (Å²) in [4.78, 5) is 14.3. The zero-order valence-electron chi connectivity index (χ0n) is 9.13. The third-order valence-electron chi connectivity index (χ3n) is 2.87. The molecule has 2 nitrogen and oxygen atoms in total. The molecule has 0 atom stereocenters. The molecule has 0 radical (unpaired) electrons. The summed E-state index contributed by atoms with van der Waals surface area (Å²) < 4.78 is 14.3. The fraction of sp³-hybridized carbons (Fsp3) is 0.417. The molecule has 0 N–H and O–H groups in total. The molecule has 2 rings (SSSR count). The number of amides is 1. The normalized spacial score (nSPS) is 17.2. The number of halogens is 3. The van der Waals surface area contributed by atoms with E-state index in [1.54, 1.807) is 11.0 Å². The monoisotopic (exact) mass is 363 g/mol. The number of benzene rings is 1. The molecule has 92 valence electrons. The highest BCUT2D eigenvalue weighted by atomic mass is 79.9. The van der Waals surface area contributed by atoms with E-state index >= 15 is 0 Å². The molecule has 0 spiro atoms. The van der Waals surface area contributed by atoms with Gasteiger partial charge in [-0.25, -0.2) is 4.39 Å². The van der Waals surface area contributed by atoms with Crippen LogP contribution in [0.2, 0.25) is 0 Å². The highest BCUT2D eigenvalue weighted by Crippen LogP contribution is 2.21. The van der Waals surface area contributed by atoms with Gasteiger partial charge in [0, 0.05) is 22.4 Å². The molecule has 0 saturated carbocycles. The van der Waals surface area contributed by atoms with Crippen LogP contribution in [0.1, 0.15) is 23.2 Å². The Labute approximate surface area is 116 Å². The lowest BCUT2D eigenvalue weighted by atomic mass is 10.1. The van der Waals surface area contributed by atoms with E-state index in [1.165, 1.54) is 12.1 Å². The van der Waals surface area contributed by atoms with Crippen LogP contribution < -0.4 is 0 Å². The largest absolute Gasteiger partial charge is 0.338 e. The van der Waals surface area contributed by atoms with E-state index < -0.39 is 5.82 Å². The van der Waals surface area contributed by atoms with Crippen molar-refractivity contribution in [1.82, 2.24) is 4.90 Å². The van der Waals surface area contributed by atoms with Gasteiger partial charge in [0.1, 0.15) is 5.82 Å². The Morgan fingerprint density at radius 3 is 2.59 bits per heavy atom. The summed E-state index contributed by atoms with van der Waals surface area (Å²) in [6, 6.07) is 4.54. The van der Waals surface area contributed by atoms with Gasteiger partial charge in [-0.3, -0.25) is 4.79 Å². The third kappa shape index (κ3) is 3.07. The number of rotatable bonds is 1. The van der Waals surface area contributed by atoms with E-state index in [0.29, 0.717) is 22.4 Å². The van der Waals surface area contributed by atoms with Crippen LogP contribution in [0, 0.1) is 5.82 Å². The standard InChI is InChI=1S/C12H12Br2FNO/c13-8-3-5-16(6-4-8)12(17)10-2-1-9(14)7-11(10)15/h1-2,7-8H,3-6H2. The maximum atomic E-state index is 13.6. The van der Waals surface area contributed by atoms with Crippen molar-refractivity contribution in [3.05, 3.63) is 34.1 Å². The minimum Gasteiger partial charge on any atom is -0.338 e. The molecule has 0 unspecified atom stereocenters. The van der Waals surface area contributed by atoms with Crippen LogP contribution in [-0.4, -0.2) is 28.7 Å². The first-order valence-electron chi connectivity index (χ1n) is 5.46. The Kier molecular flexibility index (Phi) is 4.20. The summed E-state index contributed by atoms with van der Waals surface area (Å²) in [7, 11) is 0. The van der Waals surface area contributed by atoms with Gasteiger partial charge in [-0.1, -0.05) is 31.9 Å². The van der Waals surface area contributed by atoms with Crippen LogP contribution in [0.15, 0.2) is 22.7 Å². The summed E-state index contributed by atoms with van der Waals surface area (Å²) in [6.07, 6.45) is 1.84. The Hall–Kier alpha value is -0.420. The molecule has 5 heteroatoms. The zero-order chi connectivity index (χ0) is 12.4. The minimum atomic E-state index is -0.467. The summed E-state index contributed by atoms with van der Waals surface area (Å²) in [5.74, 6) is -0.681. The second kappa shape index (κ2) is 5.48. The van der Waals surface area contributed by atoms with Crippen LogP contribution in [0.5, 0.6) is 0 Å². The maximum absolute atomic E-state index is 13.6.